The van der Waals surface area contributed by atoms with Crippen molar-refractivity contribution in [3.8, 4) is 0 Å². The Morgan fingerprint density at radius 1 is 1.29 bits per heavy atom. The first-order valence-corrected chi connectivity index (χ1v) is 5.11. The van der Waals surface area contributed by atoms with E-state index in [4.69, 9.17) is 0 Å². The summed E-state index contributed by atoms with van der Waals surface area (Å²) in [7, 11) is 0. The lowest BCUT2D eigenvalue weighted by atomic mass is 10.0. The van der Waals surface area contributed by atoms with Gasteiger partial charge in [-0.15, -0.1) is 0 Å². The van der Waals surface area contributed by atoms with Gasteiger partial charge in [-0.25, -0.2) is 0 Å². The van der Waals surface area contributed by atoms with Crippen molar-refractivity contribution in [3.05, 3.63) is 35.9 Å². The van der Waals surface area contributed by atoms with E-state index in [9.17, 15) is 5.11 Å². The molecule has 0 fully saturated rings. The standard InChI is InChI=1S/C12H19NO/c1-3-12(2,14)10-13-9-11-7-5-4-6-8-11/h4-8,13-14H,3,9-10H2,1-2H3. The van der Waals surface area contributed by atoms with Crippen LogP contribution in [0, 0.1) is 0 Å². The van der Waals surface area contributed by atoms with Gasteiger partial charge in [0.2, 0.25) is 0 Å². The molecule has 0 radical (unpaired) electrons. The quantitative estimate of drug-likeness (QED) is 0.749. The zero-order valence-electron chi connectivity index (χ0n) is 8.96. The molecule has 0 bridgehead atoms. The van der Waals surface area contributed by atoms with E-state index in [0.717, 1.165) is 13.0 Å². The molecule has 0 aliphatic rings. The minimum Gasteiger partial charge on any atom is -0.389 e. The lowest BCUT2D eigenvalue weighted by molar-refractivity contribution is 0.0555. The number of nitrogens with one attached hydrogen (secondary N) is 1. The molecule has 14 heavy (non-hydrogen) atoms. The lowest BCUT2D eigenvalue weighted by Crippen LogP contribution is -2.36. The van der Waals surface area contributed by atoms with Crippen LogP contribution in [0.1, 0.15) is 25.8 Å². The first-order chi connectivity index (χ1) is 6.64. The van der Waals surface area contributed by atoms with Crippen LogP contribution >= 0.6 is 0 Å². The third-order valence-electron chi connectivity index (χ3n) is 2.44. The molecule has 1 aromatic carbocycles. The van der Waals surface area contributed by atoms with Gasteiger partial charge in [-0.1, -0.05) is 37.3 Å². The summed E-state index contributed by atoms with van der Waals surface area (Å²) in [5, 5.41) is 13.0. The minimum atomic E-state index is -0.589. The van der Waals surface area contributed by atoms with Crippen molar-refractivity contribution in [1.29, 1.82) is 0 Å². The van der Waals surface area contributed by atoms with E-state index >= 15 is 0 Å². The zero-order chi connectivity index (χ0) is 10.4. The molecule has 2 nitrogen and oxygen atoms in total. The van der Waals surface area contributed by atoms with Crippen LogP contribution in [0.3, 0.4) is 0 Å². The Morgan fingerprint density at radius 3 is 2.50 bits per heavy atom. The summed E-state index contributed by atoms with van der Waals surface area (Å²) < 4.78 is 0. The van der Waals surface area contributed by atoms with Crippen LogP contribution in [0.25, 0.3) is 0 Å². The van der Waals surface area contributed by atoms with E-state index in [1.165, 1.54) is 5.56 Å². The van der Waals surface area contributed by atoms with Gasteiger partial charge in [-0.05, 0) is 18.9 Å². The Bertz CT molecular complexity index is 256. The monoisotopic (exact) mass is 193 g/mol. The van der Waals surface area contributed by atoms with E-state index in [1.54, 1.807) is 0 Å². The molecule has 1 unspecified atom stereocenters. The van der Waals surface area contributed by atoms with Crippen LogP contribution in [0.2, 0.25) is 0 Å². The maximum atomic E-state index is 9.74. The average molecular weight is 193 g/mol. The van der Waals surface area contributed by atoms with Crippen molar-refractivity contribution in [2.75, 3.05) is 6.54 Å². The zero-order valence-corrected chi connectivity index (χ0v) is 8.96. The molecule has 0 saturated heterocycles. The molecule has 1 rings (SSSR count). The Morgan fingerprint density at radius 2 is 1.93 bits per heavy atom. The molecule has 2 heteroatoms. The van der Waals surface area contributed by atoms with Crippen molar-refractivity contribution in [2.45, 2.75) is 32.4 Å². The number of hydrogen-bond acceptors (Lipinski definition) is 2. The Labute approximate surface area is 86.0 Å². The van der Waals surface area contributed by atoms with Gasteiger partial charge in [-0.2, -0.15) is 0 Å². The number of benzene rings is 1. The molecule has 0 aromatic heterocycles. The second kappa shape index (κ2) is 5.13. The van der Waals surface area contributed by atoms with Crippen LogP contribution in [0.5, 0.6) is 0 Å². The summed E-state index contributed by atoms with van der Waals surface area (Å²) in [6.45, 7) is 5.30. The smallest absolute Gasteiger partial charge is 0.0741 e. The van der Waals surface area contributed by atoms with E-state index in [1.807, 2.05) is 32.0 Å². The molecule has 0 amide bonds. The fraction of sp³-hybridized carbons (Fsp3) is 0.500. The summed E-state index contributed by atoms with van der Waals surface area (Å²) in [4.78, 5) is 0. The third-order valence-corrected chi connectivity index (χ3v) is 2.44. The van der Waals surface area contributed by atoms with Crippen molar-refractivity contribution >= 4 is 0 Å². The highest BCUT2D eigenvalue weighted by atomic mass is 16.3. The highest BCUT2D eigenvalue weighted by molar-refractivity contribution is 5.14. The van der Waals surface area contributed by atoms with Gasteiger partial charge < -0.3 is 10.4 Å². The summed E-state index contributed by atoms with van der Waals surface area (Å²) in [6, 6.07) is 10.2. The van der Waals surface area contributed by atoms with Crippen molar-refractivity contribution < 1.29 is 5.11 Å². The third kappa shape index (κ3) is 3.90. The van der Waals surface area contributed by atoms with E-state index in [0.29, 0.717) is 6.54 Å². The van der Waals surface area contributed by atoms with Gasteiger partial charge in [0, 0.05) is 13.1 Å². The maximum Gasteiger partial charge on any atom is 0.0741 e. The minimum absolute atomic E-state index is 0.589. The maximum absolute atomic E-state index is 9.74. The predicted molar refractivity (Wildman–Crippen MR) is 59.1 cm³/mol. The van der Waals surface area contributed by atoms with Crippen LogP contribution in [0.15, 0.2) is 30.3 Å². The molecule has 0 saturated carbocycles. The van der Waals surface area contributed by atoms with Crippen LogP contribution in [-0.4, -0.2) is 17.3 Å². The van der Waals surface area contributed by atoms with Crippen molar-refractivity contribution in [2.24, 2.45) is 0 Å². The van der Waals surface area contributed by atoms with Crippen molar-refractivity contribution in [1.82, 2.24) is 5.32 Å². The highest BCUT2D eigenvalue weighted by Crippen LogP contribution is 2.06. The second-order valence-corrected chi connectivity index (χ2v) is 3.94. The SMILES string of the molecule is CCC(C)(O)CNCc1ccccc1. The van der Waals surface area contributed by atoms with Crippen molar-refractivity contribution in [3.63, 3.8) is 0 Å². The number of hydrogen-bond donors (Lipinski definition) is 2. The molecule has 2 N–H and O–H groups in total. The van der Waals surface area contributed by atoms with Gasteiger partial charge in [0.05, 0.1) is 5.60 Å². The molecule has 1 aromatic rings. The summed E-state index contributed by atoms with van der Waals surface area (Å²) >= 11 is 0. The summed E-state index contributed by atoms with van der Waals surface area (Å²) in [5.41, 5.74) is 0.661. The summed E-state index contributed by atoms with van der Waals surface area (Å²) in [6.07, 6.45) is 0.773. The van der Waals surface area contributed by atoms with Gasteiger partial charge >= 0.3 is 0 Å². The molecule has 0 aliphatic heterocycles. The van der Waals surface area contributed by atoms with Gasteiger partial charge in [0.1, 0.15) is 0 Å². The molecule has 78 valence electrons. The van der Waals surface area contributed by atoms with Gasteiger partial charge in [-0.3, -0.25) is 0 Å². The lowest BCUT2D eigenvalue weighted by Gasteiger charge is -2.21. The number of rotatable bonds is 5. The van der Waals surface area contributed by atoms with Crippen LogP contribution in [-0.2, 0) is 6.54 Å². The van der Waals surface area contributed by atoms with Crippen LogP contribution < -0.4 is 5.32 Å². The molecular formula is C12H19NO. The first-order valence-electron chi connectivity index (χ1n) is 5.11. The van der Waals surface area contributed by atoms with E-state index in [2.05, 4.69) is 17.4 Å². The van der Waals surface area contributed by atoms with E-state index < -0.39 is 5.60 Å². The van der Waals surface area contributed by atoms with Gasteiger partial charge in [0.15, 0.2) is 0 Å². The Kier molecular flexibility index (Phi) is 4.11. The molecule has 0 aliphatic carbocycles. The molecule has 1 atom stereocenters. The topological polar surface area (TPSA) is 32.3 Å². The molecular weight excluding hydrogens is 174 g/mol. The van der Waals surface area contributed by atoms with Crippen LogP contribution in [0.4, 0.5) is 0 Å². The fourth-order valence-electron chi connectivity index (χ4n) is 1.20. The normalized spacial score (nSPS) is 15.1. The average Bonchev–Trinajstić information content (AvgIpc) is 2.19. The fourth-order valence-corrected chi connectivity index (χ4v) is 1.20. The van der Waals surface area contributed by atoms with Gasteiger partial charge in [0.25, 0.3) is 0 Å². The summed E-state index contributed by atoms with van der Waals surface area (Å²) in [5.74, 6) is 0. The molecule has 0 spiro atoms. The van der Waals surface area contributed by atoms with E-state index in [-0.39, 0.29) is 0 Å². The molecule has 0 heterocycles. The highest BCUT2D eigenvalue weighted by Gasteiger charge is 2.15. The Hall–Kier alpha value is -0.860. The largest absolute Gasteiger partial charge is 0.389 e. The predicted octanol–water partition coefficient (Wildman–Crippen LogP) is 1.94. The first kappa shape index (κ1) is 11.2. The second-order valence-electron chi connectivity index (χ2n) is 3.94. The Balaban J connectivity index is 2.29. The number of aliphatic hydroxyl groups is 1.